The number of hydrogen-bond donors (Lipinski definition) is 2. The Morgan fingerprint density at radius 3 is 2.89 bits per heavy atom. The molecular weight excluding hydrogens is 246 g/mol. The van der Waals surface area contributed by atoms with E-state index >= 15 is 0 Å². The third-order valence-electron chi connectivity index (χ3n) is 2.68. The van der Waals surface area contributed by atoms with Crippen molar-refractivity contribution in [1.29, 1.82) is 0 Å². The van der Waals surface area contributed by atoms with Crippen molar-refractivity contribution in [2.24, 2.45) is 0 Å². The molecule has 1 rings (SSSR count). The van der Waals surface area contributed by atoms with Crippen LogP contribution in [0.25, 0.3) is 0 Å². The minimum absolute atomic E-state index is 0.271. The molecule has 4 heteroatoms. The Morgan fingerprint density at radius 1 is 1.39 bits per heavy atom. The van der Waals surface area contributed by atoms with Crippen molar-refractivity contribution in [3.8, 4) is 0 Å². The van der Waals surface area contributed by atoms with Crippen LogP contribution >= 0.6 is 11.8 Å². The first-order chi connectivity index (χ1) is 8.77. The molecule has 0 bridgehead atoms. The number of nitrogens with one attached hydrogen (secondary N) is 1. The van der Waals surface area contributed by atoms with Gasteiger partial charge in [-0.25, -0.2) is 0 Å². The van der Waals surface area contributed by atoms with Gasteiger partial charge >= 0.3 is 0 Å². The van der Waals surface area contributed by atoms with Crippen molar-refractivity contribution in [3.05, 3.63) is 29.3 Å². The first-order valence-electron chi connectivity index (χ1n) is 6.30. The van der Waals surface area contributed by atoms with Gasteiger partial charge in [0.2, 0.25) is 0 Å². The lowest BCUT2D eigenvalue weighted by molar-refractivity contribution is 0.199. The molecule has 0 fully saturated rings. The molecule has 3 nitrogen and oxygen atoms in total. The summed E-state index contributed by atoms with van der Waals surface area (Å²) in [5.41, 5.74) is 2.64. The van der Waals surface area contributed by atoms with E-state index in [0.717, 1.165) is 31.9 Å². The number of aliphatic hydroxyl groups is 1. The first kappa shape index (κ1) is 15.5. The molecule has 0 heterocycles. The molecule has 0 amide bonds. The van der Waals surface area contributed by atoms with Gasteiger partial charge in [-0.15, -0.1) is 11.8 Å². The average molecular weight is 269 g/mol. The van der Waals surface area contributed by atoms with Crippen LogP contribution < -0.4 is 5.32 Å². The van der Waals surface area contributed by atoms with E-state index in [1.54, 1.807) is 18.9 Å². The third kappa shape index (κ3) is 5.87. The number of ether oxygens (including phenoxy) is 1. The zero-order valence-corrected chi connectivity index (χ0v) is 12.1. The van der Waals surface area contributed by atoms with E-state index in [4.69, 9.17) is 9.84 Å². The second-order valence-corrected chi connectivity index (χ2v) is 5.35. The maximum absolute atomic E-state index is 8.75. The number of aryl methyl sites for hydroxylation is 1. The summed E-state index contributed by atoms with van der Waals surface area (Å²) < 4.78 is 5.00. The number of thioether (sulfide) groups is 1. The molecule has 1 aromatic rings. The Labute approximate surface area is 114 Å². The highest BCUT2D eigenvalue weighted by Crippen LogP contribution is 2.21. The van der Waals surface area contributed by atoms with Crippen molar-refractivity contribution >= 4 is 11.8 Å². The summed E-state index contributed by atoms with van der Waals surface area (Å²) in [7, 11) is 1.71. The predicted molar refractivity (Wildman–Crippen MR) is 77.2 cm³/mol. The van der Waals surface area contributed by atoms with Crippen LogP contribution in [0, 0.1) is 6.92 Å². The molecule has 0 aromatic heterocycles. The number of rotatable bonds is 9. The SMILES string of the molecule is COCCNCc1ccc(SCCCO)cc1C. The van der Waals surface area contributed by atoms with Gasteiger partial charge in [-0.1, -0.05) is 6.07 Å². The standard InChI is InChI=1S/C14H23NO2S/c1-12-10-14(18-9-3-7-16)5-4-13(12)11-15-6-8-17-2/h4-5,10,15-16H,3,6-9,11H2,1-2H3. The quantitative estimate of drug-likeness (QED) is 0.533. The smallest absolute Gasteiger partial charge is 0.0587 e. The normalized spacial score (nSPS) is 10.8. The van der Waals surface area contributed by atoms with Crippen molar-refractivity contribution in [3.63, 3.8) is 0 Å². The van der Waals surface area contributed by atoms with Crippen molar-refractivity contribution in [1.82, 2.24) is 5.32 Å². The second-order valence-electron chi connectivity index (χ2n) is 4.18. The second kappa shape index (κ2) is 9.39. The Bertz CT molecular complexity index is 345. The minimum atomic E-state index is 0.271. The van der Waals surface area contributed by atoms with E-state index in [2.05, 4.69) is 30.4 Å². The summed E-state index contributed by atoms with van der Waals surface area (Å²) in [6.45, 7) is 4.92. The molecule has 0 spiro atoms. The van der Waals surface area contributed by atoms with Gasteiger partial charge in [-0.05, 0) is 36.6 Å². The average Bonchev–Trinajstić information content (AvgIpc) is 2.37. The van der Waals surface area contributed by atoms with Gasteiger partial charge in [0.05, 0.1) is 6.61 Å². The largest absolute Gasteiger partial charge is 0.396 e. The van der Waals surface area contributed by atoms with Crippen molar-refractivity contribution in [2.75, 3.05) is 32.6 Å². The molecule has 0 unspecified atom stereocenters. The highest BCUT2D eigenvalue weighted by molar-refractivity contribution is 7.99. The van der Waals surface area contributed by atoms with Crippen molar-refractivity contribution < 1.29 is 9.84 Å². The zero-order valence-electron chi connectivity index (χ0n) is 11.2. The van der Waals surface area contributed by atoms with Crippen LogP contribution in [0.2, 0.25) is 0 Å². The molecule has 0 saturated heterocycles. The summed E-state index contributed by atoms with van der Waals surface area (Å²) in [5, 5.41) is 12.1. The molecule has 0 aliphatic rings. The van der Waals surface area contributed by atoms with Gasteiger partial charge < -0.3 is 15.2 Å². The molecule has 18 heavy (non-hydrogen) atoms. The molecular formula is C14H23NO2S. The fourth-order valence-electron chi connectivity index (χ4n) is 1.61. The van der Waals surface area contributed by atoms with E-state index in [9.17, 15) is 0 Å². The lowest BCUT2D eigenvalue weighted by Crippen LogP contribution is -2.19. The molecule has 0 aliphatic carbocycles. The maximum atomic E-state index is 8.75. The maximum Gasteiger partial charge on any atom is 0.0587 e. The molecule has 0 aliphatic heterocycles. The van der Waals surface area contributed by atoms with Crippen LogP contribution in [0.5, 0.6) is 0 Å². The number of hydrogen-bond acceptors (Lipinski definition) is 4. The molecule has 0 atom stereocenters. The summed E-state index contributed by atoms with van der Waals surface area (Å²) in [6.07, 6.45) is 0.851. The molecule has 102 valence electrons. The van der Waals surface area contributed by atoms with E-state index in [-0.39, 0.29) is 6.61 Å². The summed E-state index contributed by atoms with van der Waals surface area (Å²) in [6, 6.07) is 6.55. The summed E-state index contributed by atoms with van der Waals surface area (Å²) in [4.78, 5) is 1.28. The van der Waals surface area contributed by atoms with Gasteiger partial charge in [-0.2, -0.15) is 0 Å². The van der Waals surface area contributed by atoms with Gasteiger partial charge in [0.15, 0.2) is 0 Å². The van der Waals surface area contributed by atoms with Crippen molar-refractivity contribution in [2.45, 2.75) is 24.8 Å². The predicted octanol–water partition coefficient (Wildman–Crippen LogP) is 2.21. The van der Waals surface area contributed by atoms with E-state index in [1.165, 1.54) is 16.0 Å². The Morgan fingerprint density at radius 2 is 2.22 bits per heavy atom. The molecule has 2 N–H and O–H groups in total. The van der Waals surface area contributed by atoms with Gasteiger partial charge in [-0.3, -0.25) is 0 Å². The zero-order chi connectivity index (χ0) is 13.2. The monoisotopic (exact) mass is 269 g/mol. The third-order valence-corrected chi connectivity index (χ3v) is 3.76. The van der Waals surface area contributed by atoms with E-state index < -0.39 is 0 Å². The number of aliphatic hydroxyl groups excluding tert-OH is 1. The van der Waals surface area contributed by atoms with E-state index in [1.807, 2.05) is 0 Å². The van der Waals surface area contributed by atoms with Gasteiger partial charge in [0.1, 0.15) is 0 Å². The highest BCUT2D eigenvalue weighted by atomic mass is 32.2. The summed E-state index contributed by atoms with van der Waals surface area (Å²) >= 11 is 1.80. The Kier molecular flexibility index (Phi) is 8.09. The van der Waals surface area contributed by atoms with Gasteiger partial charge in [0.25, 0.3) is 0 Å². The minimum Gasteiger partial charge on any atom is -0.396 e. The fourth-order valence-corrected chi connectivity index (χ4v) is 2.54. The van der Waals surface area contributed by atoms with Gasteiger partial charge in [0, 0.05) is 37.5 Å². The number of benzene rings is 1. The van der Waals surface area contributed by atoms with Crippen LogP contribution in [0.15, 0.2) is 23.1 Å². The molecule has 1 aromatic carbocycles. The molecule has 0 radical (unpaired) electrons. The van der Waals surface area contributed by atoms with E-state index in [0.29, 0.717) is 0 Å². The van der Waals surface area contributed by atoms with Crippen LogP contribution in [0.4, 0.5) is 0 Å². The lowest BCUT2D eigenvalue weighted by atomic mass is 10.1. The Balaban J connectivity index is 2.41. The van der Waals surface area contributed by atoms with Crippen LogP contribution in [0.3, 0.4) is 0 Å². The van der Waals surface area contributed by atoms with Crippen LogP contribution in [0.1, 0.15) is 17.5 Å². The van der Waals surface area contributed by atoms with Crippen LogP contribution in [-0.4, -0.2) is 37.7 Å². The lowest BCUT2D eigenvalue weighted by Gasteiger charge is -2.09. The molecule has 0 saturated carbocycles. The highest BCUT2D eigenvalue weighted by Gasteiger charge is 2.00. The topological polar surface area (TPSA) is 41.5 Å². The first-order valence-corrected chi connectivity index (χ1v) is 7.29. The Hall–Kier alpha value is -0.550. The number of methoxy groups -OCH3 is 1. The summed E-state index contributed by atoms with van der Waals surface area (Å²) in [5.74, 6) is 0.974. The fraction of sp³-hybridized carbons (Fsp3) is 0.571. The van der Waals surface area contributed by atoms with Crippen LogP contribution in [-0.2, 0) is 11.3 Å².